The summed E-state index contributed by atoms with van der Waals surface area (Å²) in [5.74, 6) is -0.553. The van der Waals surface area contributed by atoms with Crippen molar-refractivity contribution in [2.45, 2.75) is 31.5 Å². The maximum Gasteiger partial charge on any atom is 0.417 e. The molecule has 1 spiro atoms. The molecule has 9 heteroatoms. The normalized spacial score (nSPS) is 18.1. The summed E-state index contributed by atoms with van der Waals surface area (Å²) in [5, 5.41) is 0.967. The first-order chi connectivity index (χ1) is 14.7. The summed E-state index contributed by atoms with van der Waals surface area (Å²) in [4.78, 5) is 35.1. The van der Waals surface area contributed by atoms with Crippen molar-refractivity contribution in [1.29, 1.82) is 0 Å². The van der Waals surface area contributed by atoms with Gasteiger partial charge in [-0.3, -0.25) is 9.59 Å². The first-order valence-corrected chi connectivity index (χ1v) is 10.1. The van der Waals surface area contributed by atoms with E-state index in [0.29, 0.717) is 18.7 Å². The Morgan fingerprint density at radius 3 is 2.52 bits per heavy atom. The molecule has 1 aliphatic carbocycles. The number of hydrogen-bond acceptors (Lipinski definition) is 2. The molecule has 5 rings (SSSR count). The minimum atomic E-state index is -4.50. The quantitative estimate of drug-likeness (QED) is 0.646. The summed E-state index contributed by atoms with van der Waals surface area (Å²) in [6.45, 7) is 2.90. The number of halogens is 3. The predicted octanol–water partition coefficient (Wildman–Crippen LogP) is 3.95. The van der Waals surface area contributed by atoms with Crippen LogP contribution in [-0.4, -0.2) is 56.8 Å². The number of carbonyl (C=O) groups is 2. The van der Waals surface area contributed by atoms with E-state index in [2.05, 4.69) is 9.97 Å². The Balaban J connectivity index is 1.33. The number of aromatic nitrogens is 2. The molecule has 1 saturated carbocycles. The van der Waals surface area contributed by atoms with Gasteiger partial charge in [-0.15, -0.1) is 0 Å². The average molecular weight is 430 g/mol. The Kier molecular flexibility index (Phi) is 4.22. The van der Waals surface area contributed by atoms with E-state index < -0.39 is 23.2 Å². The molecule has 1 saturated heterocycles. The summed E-state index contributed by atoms with van der Waals surface area (Å²) in [7, 11) is 0. The summed E-state index contributed by atoms with van der Waals surface area (Å²) in [6, 6.07) is 8.38. The number of hydrogen-bond donors (Lipinski definition) is 2. The van der Waals surface area contributed by atoms with Crippen LogP contribution < -0.4 is 0 Å². The number of benzene rings is 1. The second-order valence-electron chi connectivity index (χ2n) is 8.46. The van der Waals surface area contributed by atoms with Crippen LogP contribution in [0.15, 0.2) is 36.5 Å². The van der Waals surface area contributed by atoms with Gasteiger partial charge in [0.25, 0.3) is 11.8 Å². The van der Waals surface area contributed by atoms with Crippen LogP contribution in [0.2, 0.25) is 0 Å². The van der Waals surface area contributed by atoms with E-state index in [9.17, 15) is 22.8 Å². The maximum atomic E-state index is 13.2. The Labute approximate surface area is 176 Å². The first kappa shape index (κ1) is 19.7. The molecule has 1 aliphatic heterocycles. The molecule has 2 aliphatic rings. The minimum absolute atomic E-state index is 0.0791. The smallest absolute Gasteiger partial charge is 0.359 e. The number of piperazine rings is 1. The van der Waals surface area contributed by atoms with Crippen molar-refractivity contribution in [3.05, 3.63) is 59.0 Å². The molecule has 2 N–H and O–H groups in total. The second kappa shape index (κ2) is 6.63. The van der Waals surface area contributed by atoms with E-state index in [1.54, 1.807) is 11.0 Å². The predicted molar refractivity (Wildman–Crippen MR) is 108 cm³/mol. The van der Waals surface area contributed by atoms with Gasteiger partial charge < -0.3 is 19.8 Å². The Morgan fingerprint density at radius 2 is 1.84 bits per heavy atom. The van der Waals surface area contributed by atoms with Gasteiger partial charge in [0.2, 0.25) is 0 Å². The highest BCUT2D eigenvalue weighted by Crippen LogP contribution is 2.45. The van der Waals surface area contributed by atoms with Crippen molar-refractivity contribution < 1.29 is 22.8 Å². The van der Waals surface area contributed by atoms with E-state index >= 15 is 0 Å². The number of nitrogens with zero attached hydrogens (tertiary/aromatic N) is 2. The van der Waals surface area contributed by atoms with Crippen LogP contribution in [0.1, 0.15) is 44.9 Å². The van der Waals surface area contributed by atoms with Gasteiger partial charge in [-0.25, -0.2) is 0 Å². The summed E-state index contributed by atoms with van der Waals surface area (Å²) in [6.07, 6.45) is -2.16. The first-order valence-electron chi connectivity index (χ1n) is 10.1. The minimum Gasteiger partial charge on any atom is -0.359 e. The molecule has 3 heterocycles. The lowest BCUT2D eigenvalue weighted by molar-refractivity contribution is -0.137. The molecule has 0 unspecified atom stereocenters. The van der Waals surface area contributed by atoms with Crippen molar-refractivity contribution >= 4 is 22.7 Å². The van der Waals surface area contributed by atoms with Crippen LogP contribution in [0.3, 0.4) is 0 Å². The van der Waals surface area contributed by atoms with Gasteiger partial charge in [-0.05, 0) is 50.1 Å². The molecule has 6 nitrogen and oxygen atoms in total. The topological polar surface area (TPSA) is 72.2 Å². The van der Waals surface area contributed by atoms with Gasteiger partial charge in [0.15, 0.2) is 0 Å². The largest absolute Gasteiger partial charge is 0.417 e. The van der Waals surface area contributed by atoms with Gasteiger partial charge >= 0.3 is 6.18 Å². The highest BCUT2D eigenvalue weighted by Gasteiger charge is 2.54. The number of amides is 2. The van der Waals surface area contributed by atoms with Crippen molar-refractivity contribution in [3.63, 3.8) is 0 Å². The highest BCUT2D eigenvalue weighted by atomic mass is 19.4. The molecule has 1 aromatic carbocycles. The number of rotatable bonds is 2. The Morgan fingerprint density at radius 1 is 1.06 bits per heavy atom. The zero-order chi connectivity index (χ0) is 22.0. The number of aryl methyl sites for hydroxylation is 1. The molecular weight excluding hydrogens is 409 g/mol. The van der Waals surface area contributed by atoms with Crippen molar-refractivity contribution in [3.8, 4) is 0 Å². The molecule has 0 atom stereocenters. The fourth-order valence-electron chi connectivity index (χ4n) is 4.46. The SMILES string of the molecule is Cc1cc2cc(C(=O)N3CCN(C(=O)c4cc(C(F)(F)F)c[nH]4)CC34CC4)ccc2[nH]1. The monoisotopic (exact) mass is 430 g/mol. The lowest BCUT2D eigenvalue weighted by Crippen LogP contribution is -2.58. The van der Waals surface area contributed by atoms with Gasteiger partial charge in [0, 0.05) is 48.0 Å². The highest BCUT2D eigenvalue weighted by molar-refractivity contribution is 5.99. The van der Waals surface area contributed by atoms with E-state index in [1.807, 2.05) is 30.0 Å². The summed E-state index contributed by atoms with van der Waals surface area (Å²) < 4.78 is 38.5. The zero-order valence-electron chi connectivity index (χ0n) is 16.8. The number of fused-ring (bicyclic) bond motifs is 1. The van der Waals surface area contributed by atoms with Crippen LogP contribution in [0, 0.1) is 6.92 Å². The van der Waals surface area contributed by atoms with Crippen molar-refractivity contribution in [1.82, 2.24) is 19.8 Å². The van der Waals surface area contributed by atoms with Gasteiger partial charge in [-0.2, -0.15) is 13.2 Å². The number of aromatic amines is 2. The molecule has 3 aromatic rings. The van der Waals surface area contributed by atoms with E-state index in [1.165, 1.54) is 0 Å². The molecular formula is C22H21F3N4O2. The van der Waals surface area contributed by atoms with Crippen LogP contribution in [-0.2, 0) is 6.18 Å². The van der Waals surface area contributed by atoms with Gasteiger partial charge in [-0.1, -0.05) is 0 Å². The standard InChI is InChI=1S/C22H21F3N4O2/c1-13-8-15-9-14(2-3-17(15)27-13)19(30)29-7-6-28(12-21(29)4-5-21)20(31)18-10-16(11-26-18)22(23,24)25/h2-3,8-11,26-27H,4-7,12H2,1H3. The van der Waals surface area contributed by atoms with E-state index in [4.69, 9.17) is 0 Å². The molecule has 0 radical (unpaired) electrons. The Bertz CT molecular complexity index is 1190. The molecule has 2 aromatic heterocycles. The lowest BCUT2D eigenvalue weighted by atomic mass is 10.1. The van der Waals surface area contributed by atoms with E-state index in [0.717, 1.165) is 41.7 Å². The van der Waals surface area contributed by atoms with Crippen LogP contribution >= 0.6 is 0 Å². The number of alkyl halides is 3. The Hall–Kier alpha value is -3.23. The lowest BCUT2D eigenvalue weighted by Gasteiger charge is -2.42. The molecule has 31 heavy (non-hydrogen) atoms. The third kappa shape index (κ3) is 3.37. The number of carbonyl (C=O) groups excluding carboxylic acids is 2. The second-order valence-corrected chi connectivity index (χ2v) is 8.46. The molecule has 2 amide bonds. The maximum absolute atomic E-state index is 13.2. The molecule has 0 bridgehead atoms. The van der Waals surface area contributed by atoms with Crippen LogP contribution in [0.25, 0.3) is 10.9 Å². The summed E-state index contributed by atoms with van der Waals surface area (Å²) >= 11 is 0. The number of nitrogens with one attached hydrogen (secondary N) is 2. The van der Waals surface area contributed by atoms with E-state index in [-0.39, 0.29) is 18.1 Å². The average Bonchev–Trinajstić information content (AvgIpc) is 3.15. The third-order valence-corrected chi connectivity index (χ3v) is 6.25. The molecule has 162 valence electrons. The van der Waals surface area contributed by atoms with Crippen LogP contribution in [0.4, 0.5) is 13.2 Å². The third-order valence-electron chi connectivity index (χ3n) is 6.25. The molecule has 2 fully saturated rings. The van der Waals surface area contributed by atoms with Crippen molar-refractivity contribution in [2.24, 2.45) is 0 Å². The summed E-state index contributed by atoms with van der Waals surface area (Å²) in [5.41, 5.74) is 1.18. The zero-order valence-corrected chi connectivity index (χ0v) is 16.8. The van der Waals surface area contributed by atoms with Gasteiger partial charge in [0.05, 0.1) is 11.1 Å². The van der Waals surface area contributed by atoms with Gasteiger partial charge in [0.1, 0.15) is 5.69 Å². The van der Waals surface area contributed by atoms with Crippen molar-refractivity contribution in [2.75, 3.05) is 19.6 Å². The fourth-order valence-corrected chi connectivity index (χ4v) is 4.46. The number of H-pyrrole nitrogens is 2. The van der Waals surface area contributed by atoms with Crippen LogP contribution in [0.5, 0.6) is 0 Å². The fraction of sp³-hybridized carbons (Fsp3) is 0.364.